The minimum absolute atomic E-state index is 0. The molecule has 0 amide bonds. The first-order valence-corrected chi connectivity index (χ1v) is 7.13. The number of allylic oxidation sites excluding steroid dienone is 1. The fourth-order valence-corrected chi connectivity index (χ4v) is 2.23. The number of aliphatic hydroxyl groups excluding tert-OH is 1. The number of halogens is 1. The Bertz CT molecular complexity index is 774. The second-order valence-electron chi connectivity index (χ2n) is 6.20. The van der Waals surface area contributed by atoms with Crippen LogP contribution in [0.4, 0.5) is 5.69 Å². The Morgan fingerprint density at radius 3 is 2.25 bits per heavy atom. The Labute approximate surface area is 167 Å². The molecule has 6 nitrogen and oxygen atoms in total. The van der Waals surface area contributed by atoms with Gasteiger partial charge in [-0.25, -0.2) is 0 Å². The van der Waals surface area contributed by atoms with Crippen molar-refractivity contribution in [1.29, 1.82) is 5.26 Å². The van der Waals surface area contributed by atoms with Gasteiger partial charge in [-0.05, 0) is 25.5 Å². The second-order valence-corrected chi connectivity index (χ2v) is 6.58. The minimum atomic E-state index is -0.912. The number of benzene rings is 1. The van der Waals surface area contributed by atoms with Gasteiger partial charge >= 0.3 is 29.6 Å². The Morgan fingerprint density at radius 2 is 1.88 bits per heavy atom. The Balaban J connectivity index is 0.00000529. The van der Waals surface area contributed by atoms with Gasteiger partial charge in [-0.2, -0.15) is 5.26 Å². The van der Waals surface area contributed by atoms with E-state index in [1.54, 1.807) is 33.8 Å². The molecule has 0 heterocycles. The third-order valence-corrected chi connectivity index (χ3v) is 3.92. The number of hydrogen-bond acceptors (Lipinski definition) is 5. The van der Waals surface area contributed by atoms with Crippen LogP contribution in [0, 0.1) is 40.7 Å². The zero-order chi connectivity index (χ0) is 18.1. The second kappa shape index (κ2) is 8.13. The fourth-order valence-electron chi connectivity index (χ4n) is 2.09. The van der Waals surface area contributed by atoms with E-state index in [-0.39, 0.29) is 45.7 Å². The van der Waals surface area contributed by atoms with Gasteiger partial charge in [0.1, 0.15) is 11.6 Å². The molecular formula is C16H18ClN2NaO4. The van der Waals surface area contributed by atoms with Crippen LogP contribution in [0.15, 0.2) is 11.6 Å². The number of aryl methyl sites for hydroxylation is 1. The third-order valence-electron chi connectivity index (χ3n) is 3.34. The van der Waals surface area contributed by atoms with Crippen LogP contribution in [-0.4, -0.2) is 45.4 Å². The molecule has 0 bridgehead atoms. The first-order chi connectivity index (χ1) is 10.4. The van der Waals surface area contributed by atoms with E-state index in [2.05, 4.69) is 0 Å². The molecule has 0 saturated heterocycles. The Morgan fingerprint density at radius 1 is 1.38 bits per heavy atom. The van der Waals surface area contributed by atoms with E-state index in [0.717, 1.165) is 0 Å². The van der Waals surface area contributed by atoms with Gasteiger partial charge < -0.3 is 5.11 Å². The normalized spacial score (nSPS) is 11.9. The van der Waals surface area contributed by atoms with E-state index < -0.39 is 33.1 Å². The number of carbonyl (C=O) groups is 1. The maximum absolute atomic E-state index is 12.3. The summed E-state index contributed by atoms with van der Waals surface area (Å²) in [6.45, 7) is 7.83. The van der Waals surface area contributed by atoms with Gasteiger partial charge in [-0.1, -0.05) is 32.4 Å². The first kappa shape index (κ1) is 22.6. The molecule has 24 heavy (non-hydrogen) atoms. The number of Topliss-reactive ketones (excluding diaryl/α,β-unsaturated/α-hetero) is 1. The standard InChI is InChI=1S/C16H17ClN2O4.Na.H/c1-8-6-10(13(19(22)23)9(2)12(8)17)14(20)11(7-18)15(21)16(3,4)5;;/h6,20H,1-5H3;;. The van der Waals surface area contributed by atoms with E-state index in [1.165, 1.54) is 13.0 Å². The molecule has 1 aromatic carbocycles. The molecule has 0 saturated carbocycles. The van der Waals surface area contributed by atoms with Crippen LogP contribution in [0.2, 0.25) is 5.02 Å². The quantitative estimate of drug-likeness (QED) is 0.221. The van der Waals surface area contributed by atoms with E-state index >= 15 is 0 Å². The summed E-state index contributed by atoms with van der Waals surface area (Å²) in [7, 11) is 0. The van der Waals surface area contributed by atoms with Gasteiger partial charge in [0.25, 0.3) is 5.69 Å². The SMILES string of the molecule is Cc1cc(C(O)=C(C#N)C(=O)C(C)(C)C)c([N+](=O)[O-])c(C)c1Cl.[NaH]. The number of aliphatic hydroxyl groups is 1. The van der Waals surface area contributed by atoms with E-state index in [4.69, 9.17) is 11.6 Å². The van der Waals surface area contributed by atoms with Crippen molar-refractivity contribution in [2.24, 2.45) is 5.41 Å². The third kappa shape index (κ3) is 4.37. The molecule has 124 valence electrons. The molecular weight excluding hydrogens is 343 g/mol. The first-order valence-electron chi connectivity index (χ1n) is 6.76. The van der Waals surface area contributed by atoms with Crippen molar-refractivity contribution in [2.45, 2.75) is 34.6 Å². The maximum atomic E-state index is 12.3. The zero-order valence-electron chi connectivity index (χ0n) is 13.5. The number of nitro groups is 1. The molecule has 1 rings (SSSR count). The number of ketones is 1. The van der Waals surface area contributed by atoms with Crippen molar-refractivity contribution in [3.05, 3.63) is 43.5 Å². The van der Waals surface area contributed by atoms with Crippen LogP contribution in [0.5, 0.6) is 0 Å². The molecule has 0 aliphatic rings. The van der Waals surface area contributed by atoms with Crippen LogP contribution in [0.1, 0.15) is 37.5 Å². The van der Waals surface area contributed by atoms with Gasteiger partial charge in [0.05, 0.1) is 15.5 Å². The van der Waals surface area contributed by atoms with Gasteiger partial charge in [0.2, 0.25) is 0 Å². The number of hydrogen-bond donors (Lipinski definition) is 1. The van der Waals surface area contributed by atoms with Gasteiger partial charge in [-0.15, -0.1) is 0 Å². The molecule has 0 unspecified atom stereocenters. The van der Waals surface area contributed by atoms with Crippen molar-refractivity contribution in [3.8, 4) is 6.07 Å². The summed E-state index contributed by atoms with van der Waals surface area (Å²) in [5.41, 5.74) is -1.38. The molecule has 8 heteroatoms. The molecule has 0 radical (unpaired) electrons. The van der Waals surface area contributed by atoms with Crippen molar-refractivity contribution in [3.63, 3.8) is 0 Å². The average Bonchev–Trinajstić information content (AvgIpc) is 2.43. The molecule has 0 aliphatic heterocycles. The van der Waals surface area contributed by atoms with Crippen LogP contribution >= 0.6 is 11.6 Å². The Hall–Kier alpha value is -1.39. The van der Waals surface area contributed by atoms with Crippen LogP contribution in [0.25, 0.3) is 5.76 Å². The summed E-state index contributed by atoms with van der Waals surface area (Å²) in [5, 5.41) is 31.1. The Kier molecular flexibility index (Phi) is 7.66. The van der Waals surface area contributed by atoms with E-state index in [0.29, 0.717) is 5.56 Å². The summed E-state index contributed by atoms with van der Waals surface area (Å²) < 4.78 is 0. The molecule has 0 spiro atoms. The molecule has 0 atom stereocenters. The fraction of sp³-hybridized carbons (Fsp3) is 0.375. The topological polar surface area (TPSA) is 104 Å². The number of carbonyl (C=O) groups excluding carboxylic acids is 1. The number of nitro benzene ring substituents is 1. The van der Waals surface area contributed by atoms with Crippen LogP contribution in [0.3, 0.4) is 0 Å². The number of nitriles is 1. The molecule has 1 aromatic rings. The summed E-state index contributed by atoms with van der Waals surface area (Å²) in [6.07, 6.45) is 0. The van der Waals surface area contributed by atoms with Crippen molar-refractivity contribution >= 4 is 58.4 Å². The van der Waals surface area contributed by atoms with Crippen molar-refractivity contribution in [2.75, 3.05) is 0 Å². The summed E-state index contributed by atoms with van der Waals surface area (Å²) >= 11 is 6.02. The number of rotatable bonds is 3. The van der Waals surface area contributed by atoms with Crippen LogP contribution < -0.4 is 0 Å². The van der Waals surface area contributed by atoms with E-state index in [1.807, 2.05) is 0 Å². The average molecular weight is 361 g/mol. The molecule has 0 aromatic heterocycles. The van der Waals surface area contributed by atoms with Gasteiger partial charge in [-0.3, -0.25) is 14.9 Å². The van der Waals surface area contributed by atoms with Crippen LogP contribution in [-0.2, 0) is 4.79 Å². The van der Waals surface area contributed by atoms with Gasteiger partial charge in [0.15, 0.2) is 11.5 Å². The summed E-state index contributed by atoms with van der Waals surface area (Å²) in [4.78, 5) is 22.9. The summed E-state index contributed by atoms with van der Waals surface area (Å²) in [5.74, 6) is -1.31. The van der Waals surface area contributed by atoms with Gasteiger partial charge in [0, 0.05) is 11.0 Å². The van der Waals surface area contributed by atoms with Crippen molar-refractivity contribution < 1.29 is 14.8 Å². The predicted octanol–water partition coefficient (Wildman–Crippen LogP) is 3.62. The van der Waals surface area contributed by atoms with E-state index in [9.17, 15) is 25.3 Å². The molecule has 0 aliphatic carbocycles. The molecule has 0 fully saturated rings. The number of nitrogens with zero attached hydrogens (tertiary/aromatic N) is 2. The van der Waals surface area contributed by atoms with Crippen molar-refractivity contribution in [1.82, 2.24) is 0 Å². The zero-order valence-corrected chi connectivity index (χ0v) is 14.3. The monoisotopic (exact) mass is 360 g/mol. The predicted molar refractivity (Wildman–Crippen MR) is 94.4 cm³/mol. The molecule has 1 N–H and O–H groups in total. The summed E-state index contributed by atoms with van der Waals surface area (Å²) in [6, 6.07) is 2.95.